The first-order chi connectivity index (χ1) is 9.38. The predicted octanol–water partition coefficient (Wildman–Crippen LogP) is 0.372. The van der Waals surface area contributed by atoms with Crippen molar-refractivity contribution in [2.24, 2.45) is 5.73 Å². The number of rotatable bonds is 8. The third kappa shape index (κ3) is 4.59. The van der Waals surface area contributed by atoms with Crippen molar-refractivity contribution in [1.82, 2.24) is 10.0 Å². The molecule has 6 nitrogen and oxygen atoms in total. The zero-order chi connectivity index (χ0) is 15.2. The van der Waals surface area contributed by atoms with Gasteiger partial charge < -0.3 is 11.1 Å². The van der Waals surface area contributed by atoms with Gasteiger partial charge in [-0.15, -0.1) is 0 Å². The minimum atomic E-state index is -3.61. The molecule has 0 saturated heterocycles. The summed E-state index contributed by atoms with van der Waals surface area (Å²) >= 11 is 0. The summed E-state index contributed by atoms with van der Waals surface area (Å²) in [6.07, 6.45) is 0.696. The molecule has 0 aliphatic rings. The Morgan fingerprint density at radius 2 is 2.00 bits per heavy atom. The molecule has 0 fully saturated rings. The molecule has 1 amide bonds. The van der Waals surface area contributed by atoms with E-state index in [-0.39, 0.29) is 10.5 Å². The van der Waals surface area contributed by atoms with Crippen molar-refractivity contribution < 1.29 is 13.2 Å². The van der Waals surface area contributed by atoms with Crippen LogP contribution in [0.4, 0.5) is 0 Å². The van der Waals surface area contributed by atoms with Crippen LogP contribution in [0.5, 0.6) is 0 Å². The maximum absolute atomic E-state index is 12.1. The Morgan fingerprint density at radius 3 is 2.60 bits per heavy atom. The highest BCUT2D eigenvalue weighted by molar-refractivity contribution is 7.89. The lowest BCUT2D eigenvalue weighted by Crippen LogP contribution is -2.28. The lowest BCUT2D eigenvalue weighted by Gasteiger charge is -2.09. The van der Waals surface area contributed by atoms with Gasteiger partial charge in [-0.2, -0.15) is 0 Å². The molecule has 0 bridgehead atoms. The fourth-order valence-electron chi connectivity index (χ4n) is 1.71. The van der Waals surface area contributed by atoms with Crippen LogP contribution in [0.15, 0.2) is 23.1 Å². The Balaban J connectivity index is 2.77. The van der Waals surface area contributed by atoms with Gasteiger partial charge in [0.1, 0.15) is 0 Å². The van der Waals surface area contributed by atoms with Crippen LogP contribution in [0.3, 0.4) is 0 Å². The molecule has 0 atom stereocenters. The second-order valence-electron chi connectivity index (χ2n) is 4.45. The number of sulfonamides is 1. The summed E-state index contributed by atoms with van der Waals surface area (Å²) in [7, 11) is -3.61. The van der Waals surface area contributed by atoms with E-state index in [0.29, 0.717) is 18.5 Å². The maximum Gasteiger partial charge on any atom is 0.249 e. The fourth-order valence-corrected chi connectivity index (χ4v) is 2.81. The van der Waals surface area contributed by atoms with E-state index in [1.165, 1.54) is 12.1 Å². The first-order valence-corrected chi connectivity index (χ1v) is 7.97. The van der Waals surface area contributed by atoms with Crippen LogP contribution in [0.2, 0.25) is 0 Å². The van der Waals surface area contributed by atoms with E-state index in [1.54, 1.807) is 13.0 Å². The molecule has 7 heteroatoms. The zero-order valence-electron chi connectivity index (χ0n) is 11.8. The van der Waals surface area contributed by atoms with E-state index < -0.39 is 15.9 Å². The summed E-state index contributed by atoms with van der Waals surface area (Å²) in [5, 5.41) is 3.11. The molecular formula is C13H21N3O3S. The summed E-state index contributed by atoms with van der Waals surface area (Å²) in [6.45, 7) is 5.64. The lowest BCUT2D eigenvalue weighted by atomic mass is 10.1. The maximum atomic E-state index is 12.1. The van der Waals surface area contributed by atoms with Crippen molar-refractivity contribution in [3.05, 3.63) is 29.3 Å². The summed E-state index contributed by atoms with van der Waals surface area (Å²) in [4.78, 5) is 11.3. The van der Waals surface area contributed by atoms with Gasteiger partial charge in [0.05, 0.1) is 4.90 Å². The topological polar surface area (TPSA) is 101 Å². The van der Waals surface area contributed by atoms with Crippen molar-refractivity contribution >= 4 is 15.9 Å². The van der Waals surface area contributed by atoms with Crippen LogP contribution in [-0.2, 0) is 10.0 Å². The van der Waals surface area contributed by atoms with Crippen molar-refractivity contribution in [2.45, 2.75) is 25.2 Å². The molecule has 1 aromatic carbocycles. The van der Waals surface area contributed by atoms with Gasteiger partial charge in [0.2, 0.25) is 15.9 Å². The molecule has 0 aromatic heterocycles. The van der Waals surface area contributed by atoms with Gasteiger partial charge in [0, 0.05) is 12.1 Å². The van der Waals surface area contributed by atoms with E-state index in [2.05, 4.69) is 10.0 Å². The van der Waals surface area contributed by atoms with Crippen LogP contribution >= 0.6 is 0 Å². The molecule has 0 heterocycles. The van der Waals surface area contributed by atoms with Gasteiger partial charge in [-0.25, -0.2) is 13.1 Å². The van der Waals surface area contributed by atoms with Crippen molar-refractivity contribution in [3.8, 4) is 0 Å². The van der Waals surface area contributed by atoms with Gasteiger partial charge in [0.15, 0.2) is 0 Å². The molecule has 0 spiro atoms. The number of carbonyl (C=O) groups is 1. The average Bonchev–Trinajstić information content (AvgIpc) is 2.38. The third-order valence-electron chi connectivity index (χ3n) is 2.86. The highest BCUT2D eigenvalue weighted by atomic mass is 32.2. The SMILES string of the molecule is CCNCCCNS(=O)(=O)c1ccc(C)c(C(N)=O)c1. The second-order valence-corrected chi connectivity index (χ2v) is 6.21. The van der Waals surface area contributed by atoms with E-state index in [0.717, 1.165) is 13.1 Å². The number of hydrogen-bond acceptors (Lipinski definition) is 4. The number of nitrogens with one attached hydrogen (secondary N) is 2. The first kappa shape index (κ1) is 16.6. The van der Waals surface area contributed by atoms with E-state index in [1.807, 2.05) is 6.92 Å². The van der Waals surface area contributed by atoms with Crippen LogP contribution in [0, 0.1) is 6.92 Å². The molecule has 20 heavy (non-hydrogen) atoms. The minimum Gasteiger partial charge on any atom is -0.366 e. The van der Waals surface area contributed by atoms with Gasteiger partial charge in [-0.05, 0) is 44.1 Å². The third-order valence-corrected chi connectivity index (χ3v) is 4.32. The summed E-state index contributed by atoms with van der Waals surface area (Å²) in [5.74, 6) is -0.633. The van der Waals surface area contributed by atoms with Crippen LogP contribution < -0.4 is 15.8 Å². The minimum absolute atomic E-state index is 0.0559. The van der Waals surface area contributed by atoms with Gasteiger partial charge in [0.25, 0.3) is 0 Å². The molecular weight excluding hydrogens is 278 g/mol. The molecule has 0 aliphatic heterocycles. The van der Waals surface area contributed by atoms with Crippen molar-refractivity contribution in [3.63, 3.8) is 0 Å². The standard InChI is InChI=1S/C13H21N3O3S/c1-3-15-7-4-8-16-20(18,19)11-6-5-10(2)12(9-11)13(14)17/h5-6,9,15-16H,3-4,7-8H2,1-2H3,(H2,14,17). The van der Waals surface area contributed by atoms with Crippen LogP contribution in [-0.4, -0.2) is 34.0 Å². The number of hydrogen-bond donors (Lipinski definition) is 3. The Hall–Kier alpha value is -1.44. The summed E-state index contributed by atoms with van der Waals surface area (Å²) in [5.41, 5.74) is 6.10. The number of benzene rings is 1. The van der Waals surface area contributed by atoms with E-state index in [4.69, 9.17) is 5.73 Å². The molecule has 4 N–H and O–H groups in total. The summed E-state index contributed by atoms with van der Waals surface area (Å²) in [6, 6.07) is 4.35. The Morgan fingerprint density at radius 1 is 1.30 bits per heavy atom. The van der Waals surface area contributed by atoms with Crippen LogP contribution in [0.25, 0.3) is 0 Å². The highest BCUT2D eigenvalue weighted by Gasteiger charge is 2.16. The van der Waals surface area contributed by atoms with Gasteiger partial charge >= 0.3 is 0 Å². The van der Waals surface area contributed by atoms with E-state index >= 15 is 0 Å². The molecule has 112 valence electrons. The highest BCUT2D eigenvalue weighted by Crippen LogP contribution is 2.15. The van der Waals surface area contributed by atoms with Gasteiger partial charge in [-0.1, -0.05) is 13.0 Å². The molecule has 1 rings (SSSR count). The molecule has 0 radical (unpaired) electrons. The number of aryl methyl sites for hydroxylation is 1. The van der Waals surface area contributed by atoms with Crippen molar-refractivity contribution in [1.29, 1.82) is 0 Å². The van der Waals surface area contributed by atoms with Gasteiger partial charge in [-0.3, -0.25) is 4.79 Å². The Labute approximate surface area is 119 Å². The monoisotopic (exact) mass is 299 g/mol. The second kappa shape index (κ2) is 7.37. The Kier molecular flexibility index (Phi) is 6.12. The smallest absolute Gasteiger partial charge is 0.249 e. The average molecular weight is 299 g/mol. The number of carbonyl (C=O) groups excluding carboxylic acids is 1. The quantitative estimate of drug-likeness (QED) is 0.604. The lowest BCUT2D eigenvalue weighted by molar-refractivity contribution is 0.0999. The van der Waals surface area contributed by atoms with Crippen LogP contribution in [0.1, 0.15) is 29.3 Å². The zero-order valence-corrected chi connectivity index (χ0v) is 12.6. The normalized spacial score (nSPS) is 11.5. The predicted molar refractivity (Wildman–Crippen MR) is 78.0 cm³/mol. The summed E-state index contributed by atoms with van der Waals surface area (Å²) < 4.78 is 26.6. The fraction of sp³-hybridized carbons (Fsp3) is 0.462. The number of nitrogens with two attached hydrogens (primary N) is 1. The first-order valence-electron chi connectivity index (χ1n) is 6.49. The molecule has 0 unspecified atom stereocenters. The van der Waals surface area contributed by atoms with Crippen molar-refractivity contribution in [2.75, 3.05) is 19.6 Å². The number of amides is 1. The molecule has 0 saturated carbocycles. The molecule has 1 aromatic rings. The number of primary amides is 1. The Bertz CT molecular complexity index is 570. The largest absolute Gasteiger partial charge is 0.366 e. The van der Waals surface area contributed by atoms with E-state index in [9.17, 15) is 13.2 Å². The molecule has 0 aliphatic carbocycles.